The fourth-order valence-electron chi connectivity index (χ4n) is 2.58. The molecule has 2 N–H and O–H groups in total. The van der Waals surface area contributed by atoms with Crippen LogP contribution in [-0.2, 0) is 0 Å². The minimum atomic E-state index is -0.815. The standard InChI is InChI=1S/C14H19FN2O3/c15-12-9-11(17(19)20)5-6-13(12)16-10-14(18)7-3-1-2-4-8-14/h5-6,9,16,18H,1-4,7-8,10H2. The van der Waals surface area contributed by atoms with Gasteiger partial charge in [0.1, 0.15) is 0 Å². The second-order valence-electron chi connectivity index (χ2n) is 5.41. The van der Waals surface area contributed by atoms with Crippen molar-refractivity contribution in [2.24, 2.45) is 0 Å². The minimum Gasteiger partial charge on any atom is -0.388 e. The third kappa shape index (κ3) is 3.66. The summed E-state index contributed by atoms with van der Waals surface area (Å²) in [6.45, 7) is 0.266. The maximum absolute atomic E-state index is 13.7. The Hall–Kier alpha value is -1.69. The predicted octanol–water partition coefficient (Wildman–Crippen LogP) is 3.23. The molecule has 1 aliphatic rings. The average Bonchev–Trinajstić information content (AvgIpc) is 2.62. The summed E-state index contributed by atoms with van der Waals surface area (Å²) in [4.78, 5) is 9.90. The van der Waals surface area contributed by atoms with Gasteiger partial charge < -0.3 is 10.4 Å². The van der Waals surface area contributed by atoms with Crippen LogP contribution in [0, 0.1) is 15.9 Å². The molecule has 1 aromatic carbocycles. The highest BCUT2D eigenvalue weighted by atomic mass is 19.1. The molecule has 5 nitrogen and oxygen atoms in total. The minimum absolute atomic E-state index is 0.188. The molecule has 1 fully saturated rings. The van der Waals surface area contributed by atoms with Gasteiger partial charge in [-0.3, -0.25) is 10.1 Å². The lowest BCUT2D eigenvalue weighted by atomic mass is 9.94. The Kier molecular flexibility index (Phi) is 4.54. The van der Waals surface area contributed by atoms with E-state index in [1.165, 1.54) is 12.1 Å². The number of nitro groups is 1. The Morgan fingerprint density at radius 1 is 1.30 bits per heavy atom. The van der Waals surface area contributed by atoms with Crippen molar-refractivity contribution in [3.8, 4) is 0 Å². The molecule has 2 rings (SSSR count). The van der Waals surface area contributed by atoms with Crippen LogP contribution in [-0.4, -0.2) is 22.2 Å². The molecular weight excluding hydrogens is 263 g/mol. The van der Waals surface area contributed by atoms with Crippen LogP contribution < -0.4 is 5.32 Å². The predicted molar refractivity (Wildman–Crippen MR) is 74.2 cm³/mol. The van der Waals surface area contributed by atoms with E-state index >= 15 is 0 Å². The Morgan fingerprint density at radius 3 is 2.50 bits per heavy atom. The van der Waals surface area contributed by atoms with E-state index in [0.717, 1.165) is 31.7 Å². The molecule has 0 saturated heterocycles. The first-order valence-electron chi connectivity index (χ1n) is 6.90. The molecule has 1 saturated carbocycles. The first kappa shape index (κ1) is 14.7. The average molecular weight is 282 g/mol. The Labute approximate surface area is 117 Å². The first-order chi connectivity index (χ1) is 9.50. The van der Waals surface area contributed by atoms with Crippen LogP contribution >= 0.6 is 0 Å². The van der Waals surface area contributed by atoms with Crippen LogP contribution in [0.3, 0.4) is 0 Å². The van der Waals surface area contributed by atoms with E-state index in [2.05, 4.69) is 5.32 Å². The smallest absolute Gasteiger partial charge is 0.272 e. The molecule has 0 radical (unpaired) electrons. The molecule has 0 amide bonds. The van der Waals surface area contributed by atoms with Crippen LogP contribution in [0.4, 0.5) is 15.8 Å². The lowest BCUT2D eigenvalue weighted by Crippen LogP contribution is -2.36. The summed E-state index contributed by atoms with van der Waals surface area (Å²) in [5, 5.41) is 23.9. The van der Waals surface area contributed by atoms with Crippen LogP contribution in [0.1, 0.15) is 38.5 Å². The van der Waals surface area contributed by atoms with E-state index < -0.39 is 16.3 Å². The molecule has 0 aliphatic heterocycles. The van der Waals surface area contributed by atoms with Gasteiger partial charge in [-0.15, -0.1) is 0 Å². The van der Waals surface area contributed by atoms with E-state index in [1.807, 2.05) is 0 Å². The van der Waals surface area contributed by atoms with Crippen molar-refractivity contribution >= 4 is 11.4 Å². The zero-order chi connectivity index (χ0) is 14.6. The van der Waals surface area contributed by atoms with Crippen LogP contribution in [0.2, 0.25) is 0 Å². The number of nitrogens with one attached hydrogen (secondary N) is 1. The maximum atomic E-state index is 13.7. The Balaban J connectivity index is 2.01. The van der Waals surface area contributed by atoms with Crippen LogP contribution in [0.25, 0.3) is 0 Å². The number of non-ortho nitro benzene ring substituents is 1. The molecule has 20 heavy (non-hydrogen) atoms. The highest BCUT2D eigenvalue weighted by molar-refractivity contribution is 5.50. The number of halogens is 1. The number of hydrogen-bond acceptors (Lipinski definition) is 4. The van der Waals surface area contributed by atoms with Crippen molar-refractivity contribution in [1.82, 2.24) is 0 Å². The number of benzene rings is 1. The number of rotatable bonds is 4. The molecule has 0 bridgehead atoms. The van der Waals surface area contributed by atoms with E-state index in [-0.39, 0.29) is 17.9 Å². The fourth-order valence-corrected chi connectivity index (χ4v) is 2.58. The molecule has 110 valence electrons. The van der Waals surface area contributed by atoms with Gasteiger partial charge in [-0.1, -0.05) is 25.7 Å². The lowest BCUT2D eigenvalue weighted by Gasteiger charge is -2.27. The molecule has 0 heterocycles. The summed E-state index contributed by atoms with van der Waals surface area (Å²) in [7, 11) is 0. The van der Waals surface area contributed by atoms with Gasteiger partial charge in [-0.2, -0.15) is 0 Å². The van der Waals surface area contributed by atoms with Gasteiger partial charge in [0, 0.05) is 12.6 Å². The van der Waals surface area contributed by atoms with E-state index in [0.29, 0.717) is 12.8 Å². The fraction of sp³-hybridized carbons (Fsp3) is 0.571. The van der Waals surface area contributed by atoms with E-state index in [4.69, 9.17) is 0 Å². The highest BCUT2D eigenvalue weighted by Gasteiger charge is 2.28. The van der Waals surface area contributed by atoms with Crippen molar-refractivity contribution in [2.75, 3.05) is 11.9 Å². The number of nitro benzene ring substituents is 1. The van der Waals surface area contributed by atoms with Crippen molar-refractivity contribution in [2.45, 2.75) is 44.1 Å². The topological polar surface area (TPSA) is 75.4 Å². The summed E-state index contributed by atoms with van der Waals surface area (Å²) in [6, 6.07) is 3.48. The zero-order valence-electron chi connectivity index (χ0n) is 11.3. The second-order valence-corrected chi connectivity index (χ2v) is 5.41. The number of aliphatic hydroxyl groups is 1. The monoisotopic (exact) mass is 282 g/mol. The van der Waals surface area contributed by atoms with Crippen LogP contribution in [0.15, 0.2) is 18.2 Å². The van der Waals surface area contributed by atoms with Gasteiger partial charge >= 0.3 is 0 Å². The molecule has 0 aromatic heterocycles. The normalized spacial score (nSPS) is 18.3. The molecule has 0 spiro atoms. The van der Waals surface area contributed by atoms with Gasteiger partial charge in [0.05, 0.1) is 22.3 Å². The molecule has 0 atom stereocenters. The van der Waals surface area contributed by atoms with Crippen molar-refractivity contribution in [3.05, 3.63) is 34.1 Å². The summed E-state index contributed by atoms with van der Waals surface area (Å²) in [5.74, 6) is -0.670. The Bertz CT molecular complexity index is 485. The van der Waals surface area contributed by atoms with E-state index in [1.54, 1.807) is 0 Å². The summed E-state index contributed by atoms with van der Waals surface area (Å²) < 4.78 is 13.7. The van der Waals surface area contributed by atoms with Gasteiger partial charge in [-0.25, -0.2) is 4.39 Å². The molecular formula is C14H19FN2O3. The second kappa shape index (κ2) is 6.17. The lowest BCUT2D eigenvalue weighted by molar-refractivity contribution is -0.385. The third-order valence-electron chi connectivity index (χ3n) is 3.81. The summed E-state index contributed by atoms with van der Waals surface area (Å²) >= 11 is 0. The first-order valence-corrected chi connectivity index (χ1v) is 6.90. The number of nitrogens with zero attached hydrogens (tertiary/aromatic N) is 1. The van der Waals surface area contributed by atoms with Gasteiger partial charge in [-0.05, 0) is 18.9 Å². The van der Waals surface area contributed by atoms with Crippen LogP contribution in [0.5, 0.6) is 0 Å². The SMILES string of the molecule is O=[N+]([O-])c1ccc(NCC2(O)CCCCCC2)c(F)c1. The number of anilines is 1. The Morgan fingerprint density at radius 2 is 1.95 bits per heavy atom. The largest absolute Gasteiger partial charge is 0.388 e. The maximum Gasteiger partial charge on any atom is 0.272 e. The quantitative estimate of drug-likeness (QED) is 0.505. The van der Waals surface area contributed by atoms with Crippen molar-refractivity contribution in [1.29, 1.82) is 0 Å². The highest BCUT2D eigenvalue weighted by Crippen LogP contribution is 2.28. The van der Waals surface area contributed by atoms with Gasteiger partial charge in [0.25, 0.3) is 5.69 Å². The van der Waals surface area contributed by atoms with Crippen molar-refractivity contribution in [3.63, 3.8) is 0 Å². The molecule has 6 heteroatoms. The molecule has 1 aromatic rings. The molecule has 1 aliphatic carbocycles. The summed E-state index contributed by atoms with van der Waals surface area (Å²) in [6.07, 6.45) is 5.59. The van der Waals surface area contributed by atoms with E-state index in [9.17, 15) is 19.6 Å². The molecule has 0 unspecified atom stereocenters. The third-order valence-corrected chi connectivity index (χ3v) is 3.81. The van der Waals surface area contributed by atoms with Crippen molar-refractivity contribution < 1.29 is 14.4 Å². The zero-order valence-corrected chi connectivity index (χ0v) is 11.3. The van der Waals surface area contributed by atoms with Gasteiger partial charge in [0.15, 0.2) is 5.82 Å². The van der Waals surface area contributed by atoms with Gasteiger partial charge in [0.2, 0.25) is 0 Å². The summed E-state index contributed by atoms with van der Waals surface area (Å²) in [5.41, 5.74) is -0.903. The number of hydrogen-bond donors (Lipinski definition) is 2.